The zero-order chi connectivity index (χ0) is 46.7. The molecule has 0 unspecified atom stereocenters. The molecular formula is C47H47Cl3F6N4O5. The van der Waals surface area contributed by atoms with Crippen LogP contribution in [0.2, 0.25) is 15.1 Å². The van der Waals surface area contributed by atoms with Gasteiger partial charge in [-0.2, -0.15) is 26.3 Å². The van der Waals surface area contributed by atoms with E-state index < -0.39 is 40.6 Å². The molecule has 18 heteroatoms. The van der Waals surface area contributed by atoms with Gasteiger partial charge in [0.15, 0.2) is 0 Å². The minimum Gasteiger partial charge on any atom is -0.367 e. The van der Waals surface area contributed by atoms with E-state index in [1.54, 1.807) is 54.4 Å². The summed E-state index contributed by atoms with van der Waals surface area (Å²) in [5.41, 5.74) is -2.01. The van der Waals surface area contributed by atoms with Crippen molar-refractivity contribution < 1.29 is 50.2 Å². The van der Waals surface area contributed by atoms with Crippen molar-refractivity contribution in [3.63, 3.8) is 0 Å². The van der Waals surface area contributed by atoms with Crippen LogP contribution < -0.4 is 5.32 Å². The van der Waals surface area contributed by atoms with E-state index in [-0.39, 0.29) is 78.6 Å². The number of anilines is 1. The van der Waals surface area contributed by atoms with Gasteiger partial charge in [0.25, 0.3) is 5.91 Å². The number of fused-ring (bicyclic) bond motifs is 2. The van der Waals surface area contributed by atoms with Gasteiger partial charge in [-0.25, -0.2) is 0 Å². The zero-order valence-electron chi connectivity index (χ0n) is 35.3. The standard InChI is InChI=1S/C47H47Cl3F6N4O5/c1-58(17-4-7-41(61)57-36-11-9-35(48)10-12-36)42(62)28-64-40-25-30-5-2-3-6-37(30)44(40)14-18-59(19-15-44)20-16-45(32-8-13-38(49)39(50)27-32)29-60(21-22-65-45)43(63)31-23-33(46(51,52)53)26-34(24-31)47(54,55)56/h2-3,5-6,8-13,23-24,26-27,40H,4,7,14-22,25,28-29H2,1H3,(H,57,61)/t40-,45-/m0/s1. The van der Waals surface area contributed by atoms with Crippen molar-refractivity contribution >= 4 is 58.2 Å². The number of benzene rings is 4. The Hall–Kier alpha value is -4.38. The highest BCUT2D eigenvalue weighted by Gasteiger charge is 2.50. The summed E-state index contributed by atoms with van der Waals surface area (Å²) >= 11 is 18.7. The number of morpholine rings is 1. The number of hydrogen-bond acceptors (Lipinski definition) is 6. The fourth-order valence-corrected chi connectivity index (χ4v) is 9.61. The number of nitrogens with one attached hydrogen (secondary N) is 1. The third-order valence-corrected chi connectivity index (χ3v) is 13.8. The summed E-state index contributed by atoms with van der Waals surface area (Å²) in [5.74, 6) is -1.37. The maximum absolute atomic E-state index is 13.9. The van der Waals surface area contributed by atoms with Gasteiger partial charge < -0.3 is 29.5 Å². The van der Waals surface area contributed by atoms with Crippen molar-refractivity contribution in [2.45, 2.75) is 68.0 Å². The quantitative estimate of drug-likeness (QED) is 0.134. The molecule has 348 valence electrons. The predicted octanol–water partition coefficient (Wildman–Crippen LogP) is 10.3. The number of likely N-dealkylation sites (tertiary alicyclic amines) is 1. The molecule has 0 radical (unpaired) electrons. The lowest BCUT2D eigenvalue weighted by molar-refractivity contribution is -0.143. The second kappa shape index (κ2) is 19.8. The number of ether oxygens (including phenoxy) is 2. The number of carbonyl (C=O) groups excluding carboxylic acids is 3. The average Bonchev–Trinajstić information content (AvgIpc) is 3.57. The lowest BCUT2D eigenvalue weighted by Crippen LogP contribution is -2.54. The summed E-state index contributed by atoms with van der Waals surface area (Å²) in [5, 5.41) is 3.85. The molecule has 1 N–H and O–H groups in total. The molecule has 0 bridgehead atoms. The summed E-state index contributed by atoms with van der Waals surface area (Å²) in [4.78, 5) is 44.7. The van der Waals surface area contributed by atoms with E-state index in [4.69, 9.17) is 44.3 Å². The Kier molecular flexibility index (Phi) is 14.8. The minimum absolute atomic E-state index is 0.00638. The molecule has 1 aliphatic carbocycles. The van der Waals surface area contributed by atoms with Crippen molar-refractivity contribution in [2.75, 3.05) is 64.8 Å². The first-order chi connectivity index (χ1) is 30.8. The Bertz CT molecular complexity index is 2350. The molecular weight excluding hydrogens is 921 g/mol. The number of hydrogen-bond donors (Lipinski definition) is 1. The molecule has 65 heavy (non-hydrogen) atoms. The molecule has 9 nitrogen and oxygen atoms in total. The van der Waals surface area contributed by atoms with Crippen molar-refractivity contribution in [3.8, 4) is 0 Å². The molecule has 3 aliphatic rings. The summed E-state index contributed by atoms with van der Waals surface area (Å²) in [6.07, 6.45) is -7.52. The fourth-order valence-electron chi connectivity index (χ4n) is 9.19. The summed E-state index contributed by atoms with van der Waals surface area (Å²) < 4.78 is 95.5. The molecule has 4 aromatic rings. The van der Waals surface area contributed by atoms with Gasteiger partial charge in [0.1, 0.15) is 12.2 Å². The first kappa shape index (κ1) is 48.6. The zero-order valence-corrected chi connectivity index (χ0v) is 37.6. The highest BCUT2D eigenvalue weighted by atomic mass is 35.5. The minimum atomic E-state index is -5.12. The molecule has 2 aliphatic heterocycles. The predicted molar refractivity (Wildman–Crippen MR) is 235 cm³/mol. The molecule has 0 saturated carbocycles. The SMILES string of the molecule is CN(CCCC(=O)Nc1ccc(Cl)cc1)C(=O)CO[C@H]1Cc2ccccc2C12CCN(CC[C@@]1(c3ccc(Cl)c(Cl)c3)CN(C(=O)c3cc(C(F)(F)F)cc(C(F)(F)F)c3)CCO1)CC2. The summed E-state index contributed by atoms with van der Waals surface area (Å²) in [6.45, 7) is 1.64. The number of carbonyl (C=O) groups is 3. The van der Waals surface area contributed by atoms with Gasteiger partial charge in [-0.15, -0.1) is 0 Å². The molecule has 2 saturated heterocycles. The van der Waals surface area contributed by atoms with E-state index in [0.717, 1.165) is 5.56 Å². The second-order valence-electron chi connectivity index (χ2n) is 16.9. The third kappa shape index (κ3) is 11.3. The Morgan fingerprint density at radius 2 is 1.54 bits per heavy atom. The molecule has 7 rings (SSSR count). The van der Waals surface area contributed by atoms with Crippen LogP contribution in [0, 0.1) is 0 Å². The van der Waals surface area contributed by atoms with Crippen LogP contribution in [0.3, 0.4) is 0 Å². The van der Waals surface area contributed by atoms with E-state index in [1.165, 1.54) is 10.5 Å². The van der Waals surface area contributed by atoms with Gasteiger partial charge in [0, 0.05) is 54.8 Å². The topological polar surface area (TPSA) is 91.4 Å². The lowest BCUT2D eigenvalue weighted by Gasteiger charge is -2.46. The molecule has 0 aromatic heterocycles. The molecule has 1 spiro atoms. The Morgan fingerprint density at radius 3 is 2.20 bits per heavy atom. The maximum atomic E-state index is 13.9. The van der Waals surface area contributed by atoms with Crippen molar-refractivity contribution in [1.29, 1.82) is 0 Å². The van der Waals surface area contributed by atoms with Crippen LogP contribution in [0.1, 0.15) is 70.3 Å². The van der Waals surface area contributed by atoms with Gasteiger partial charge in [-0.1, -0.05) is 65.1 Å². The number of likely N-dealkylation sites (N-methyl/N-ethyl adjacent to an activating group) is 1. The van der Waals surface area contributed by atoms with E-state index in [1.807, 2.05) is 12.1 Å². The molecule has 2 heterocycles. The van der Waals surface area contributed by atoms with Crippen LogP contribution in [0.15, 0.2) is 84.9 Å². The van der Waals surface area contributed by atoms with E-state index >= 15 is 0 Å². The number of rotatable bonds is 13. The number of piperidine rings is 1. The highest BCUT2D eigenvalue weighted by Crippen LogP contribution is 2.48. The van der Waals surface area contributed by atoms with Gasteiger partial charge in [-0.05, 0) is 116 Å². The fraction of sp³-hybridized carbons (Fsp3) is 0.426. The summed E-state index contributed by atoms with van der Waals surface area (Å²) in [6, 6.07) is 20.7. The Balaban J connectivity index is 1.01. The van der Waals surface area contributed by atoms with Crippen LogP contribution in [-0.4, -0.2) is 98.1 Å². The average molecular weight is 968 g/mol. The lowest BCUT2D eigenvalue weighted by atomic mass is 9.72. The first-order valence-electron chi connectivity index (χ1n) is 21.2. The number of nitrogens with zero attached hydrogens (tertiary/aromatic N) is 3. The van der Waals surface area contributed by atoms with Crippen molar-refractivity contribution in [3.05, 3.63) is 133 Å². The number of amides is 3. The normalized spacial score (nSPS) is 19.8. The van der Waals surface area contributed by atoms with E-state index in [0.29, 0.717) is 80.3 Å². The van der Waals surface area contributed by atoms with E-state index in [2.05, 4.69) is 22.3 Å². The monoisotopic (exact) mass is 966 g/mol. The van der Waals surface area contributed by atoms with Crippen LogP contribution in [0.5, 0.6) is 0 Å². The third-order valence-electron chi connectivity index (χ3n) is 12.8. The maximum Gasteiger partial charge on any atom is 0.416 e. The van der Waals surface area contributed by atoms with Gasteiger partial charge in [0.2, 0.25) is 11.8 Å². The van der Waals surface area contributed by atoms with Gasteiger partial charge in [-0.3, -0.25) is 14.4 Å². The van der Waals surface area contributed by atoms with Crippen LogP contribution in [-0.2, 0) is 48.9 Å². The van der Waals surface area contributed by atoms with Gasteiger partial charge >= 0.3 is 12.4 Å². The second-order valence-corrected chi connectivity index (χ2v) is 18.1. The Morgan fingerprint density at radius 1 is 0.862 bits per heavy atom. The highest BCUT2D eigenvalue weighted by molar-refractivity contribution is 6.42. The van der Waals surface area contributed by atoms with E-state index in [9.17, 15) is 40.7 Å². The molecule has 2 atom stereocenters. The first-order valence-corrected chi connectivity index (χ1v) is 22.3. The summed E-state index contributed by atoms with van der Waals surface area (Å²) in [7, 11) is 1.69. The van der Waals surface area contributed by atoms with Crippen LogP contribution >= 0.6 is 34.8 Å². The van der Waals surface area contributed by atoms with Crippen molar-refractivity contribution in [1.82, 2.24) is 14.7 Å². The molecule has 4 aromatic carbocycles. The smallest absolute Gasteiger partial charge is 0.367 e. The number of halogens is 9. The largest absolute Gasteiger partial charge is 0.416 e. The van der Waals surface area contributed by atoms with Crippen molar-refractivity contribution in [2.24, 2.45) is 0 Å². The Labute approximate surface area is 387 Å². The van der Waals surface area contributed by atoms with Crippen LogP contribution in [0.25, 0.3) is 0 Å². The molecule has 2 fully saturated rings. The molecule has 3 amide bonds. The van der Waals surface area contributed by atoms with Gasteiger partial charge in [0.05, 0.1) is 40.4 Å². The van der Waals surface area contributed by atoms with Crippen LogP contribution in [0.4, 0.5) is 32.0 Å². The number of alkyl halides is 6.